The predicted molar refractivity (Wildman–Crippen MR) is 123 cm³/mol. The summed E-state index contributed by atoms with van der Waals surface area (Å²) in [6.07, 6.45) is 1.60. The average Bonchev–Trinajstić information content (AvgIpc) is 3.36. The molecular formula is C25H22F2N6O. The number of hydrogen-bond donors (Lipinski definition) is 0. The number of imidazole rings is 1. The number of aromatic nitrogens is 4. The first-order valence-electron chi connectivity index (χ1n) is 11.0. The highest BCUT2D eigenvalue weighted by Crippen LogP contribution is 2.26. The molecule has 0 amide bonds. The van der Waals surface area contributed by atoms with Crippen LogP contribution < -0.4 is 0 Å². The monoisotopic (exact) mass is 460 g/mol. The third kappa shape index (κ3) is 4.43. The Morgan fingerprint density at radius 1 is 1.12 bits per heavy atom. The zero-order chi connectivity index (χ0) is 23.7. The maximum absolute atomic E-state index is 12.6. The number of aryl methyl sites for hydroxylation is 3. The first kappa shape index (κ1) is 21.9. The largest absolute Gasteiger partial charge is 0.415 e. The van der Waals surface area contributed by atoms with Crippen LogP contribution in [0, 0.1) is 6.92 Å². The molecule has 2 aromatic heterocycles. The summed E-state index contributed by atoms with van der Waals surface area (Å²) >= 11 is 0. The molecule has 172 valence electrons. The van der Waals surface area contributed by atoms with Crippen LogP contribution in [0.5, 0.6) is 0 Å². The highest BCUT2D eigenvalue weighted by Gasteiger charge is 2.17. The van der Waals surface area contributed by atoms with Crippen LogP contribution >= 0.6 is 0 Å². The van der Waals surface area contributed by atoms with Gasteiger partial charge in [-0.2, -0.15) is 13.9 Å². The Morgan fingerprint density at radius 3 is 2.68 bits per heavy atom. The fourth-order valence-corrected chi connectivity index (χ4v) is 3.88. The molecule has 1 atom stereocenters. The predicted octanol–water partition coefficient (Wildman–Crippen LogP) is 6.22. The Labute approximate surface area is 194 Å². The summed E-state index contributed by atoms with van der Waals surface area (Å²) in [5.41, 5.74) is 8.63. The lowest BCUT2D eigenvalue weighted by Crippen LogP contribution is -2.03. The van der Waals surface area contributed by atoms with E-state index in [9.17, 15) is 8.78 Å². The Balaban J connectivity index is 1.22. The van der Waals surface area contributed by atoms with Gasteiger partial charge in [-0.3, -0.25) is 0 Å². The fraction of sp³-hybridized carbons (Fsp3) is 0.280. The molecule has 0 spiro atoms. The van der Waals surface area contributed by atoms with Crippen molar-refractivity contribution in [1.82, 2.24) is 19.7 Å². The molecule has 1 unspecified atom stereocenters. The van der Waals surface area contributed by atoms with Gasteiger partial charge in [-0.15, -0.1) is 15.3 Å². The lowest BCUT2D eigenvalue weighted by Gasteiger charge is -2.08. The van der Waals surface area contributed by atoms with Crippen LogP contribution in [-0.4, -0.2) is 25.8 Å². The molecule has 1 aliphatic rings. The van der Waals surface area contributed by atoms with E-state index in [1.807, 2.05) is 50.4 Å². The lowest BCUT2D eigenvalue weighted by atomic mass is 10.0. The molecule has 0 saturated carbocycles. The summed E-state index contributed by atoms with van der Waals surface area (Å²) in [6, 6.07) is 13.6. The normalized spacial score (nSPS) is 15.8. The summed E-state index contributed by atoms with van der Waals surface area (Å²) in [5, 5.41) is 16.1. The number of fused-ring (bicyclic) bond motifs is 1. The molecule has 3 heterocycles. The van der Waals surface area contributed by atoms with Gasteiger partial charge >= 0.3 is 6.43 Å². The van der Waals surface area contributed by atoms with Crippen molar-refractivity contribution in [3.05, 3.63) is 77.1 Å². The highest BCUT2D eigenvalue weighted by molar-refractivity contribution is 5.81. The van der Waals surface area contributed by atoms with Crippen LogP contribution in [0.15, 0.2) is 68.9 Å². The number of benzene rings is 2. The van der Waals surface area contributed by atoms with E-state index in [4.69, 9.17) is 4.42 Å². The second-order valence-electron chi connectivity index (χ2n) is 8.21. The third-order valence-electron chi connectivity index (χ3n) is 5.92. The molecular weight excluding hydrogens is 438 g/mol. The third-order valence-corrected chi connectivity index (χ3v) is 5.92. The number of rotatable bonds is 6. The van der Waals surface area contributed by atoms with Gasteiger partial charge in [0.05, 0.1) is 17.1 Å². The Hall–Kier alpha value is -3.97. The molecule has 0 aliphatic carbocycles. The van der Waals surface area contributed by atoms with Gasteiger partial charge in [-0.25, -0.2) is 4.98 Å². The average molecular weight is 460 g/mol. The van der Waals surface area contributed by atoms with E-state index in [1.165, 1.54) is 0 Å². The minimum atomic E-state index is -2.78. The maximum atomic E-state index is 12.6. The lowest BCUT2D eigenvalue weighted by molar-refractivity contribution is 0.116. The zero-order valence-electron chi connectivity index (χ0n) is 18.7. The van der Waals surface area contributed by atoms with Crippen molar-refractivity contribution in [2.45, 2.75) is 38.7 Å². The van der Waals surface area contributed by atoms with E-state index in [0.29, 0.717) is 11.3 Å². The van der Waals surface area contributed by atoms with Crippen molar-refractivity contribution in [2.24, 2.45) is 17.3 Å². The molecule has 0 fully saturated rings. The Kier molecular flexibility index (Phi) is 5.86. The highest BCUT2D eigenvalue weighted by atomic mass is 19.3. The van der Waals surface area contributed by atoms with Crippen molar-refractivity contribution >= 4 is 16.7 Å². The van der Waals surface area contributed by atoms with Crippen LogP contribution in [0.25, 0.3) is 28.2 Å². The zero-order valence-corrected chi connectivity index (χ0v) is 18.7. The summed E-state index contributed by atoms with van der Waals surface area (Å²) in [7, 11) is 2.00. The van der Waals surface area contributed by atoms with Gasteiger partial charge < -0.3 is 8.98 Å². The van der Waals surface area contributed by atoms with Gasteiger partial charge in [0.1, 0.15) is 11.5 Å². The minimum absolute atomic E-state index is 0.0510. The van der Waals surface area contributed by atoms with Crippen LogP contribution in [0.3, 0.4) is 0 Å². The Morgan fingerprint density at radius 2 is 1.91 bits per heavy atom. The minimum Gasteiger partial charge on any atom is -0.415 e. The van der Waals surface area contributed by atoms with Crippen molar-refractivity contribution in [1.29, 1.82) is 0 Å². The fourth-order valence-electron chi connectivity index (χ4n) is 3.88. The second kappa shape index (κ2) is 9.11. The molecule has 0 radical (unpaired) electrons. The van der Waals surface area contributed by atoms with E-state index < -0.39 is 12.3 Å². The molecule has 0 saturated heterocycles. The van der Waals surface area contributed by atoms with Gasteiger partial charge in [0.15, 0.2) is 0 Å². The molecule has 5 rings (SSSR count). The molecule has 2 aromatic carbocycles. The van der Waals surface area contributed by atoms with E-state index >= 15 is 0 Å². The first-order chi connectivity index (χ1) is 16.5. The Bertz CT molecular complexity index is 1430. The standard InChI is InChI=1S/C25H22F2N6O/c1-15-28-21-14-18(11-13-22(21)33(15)2)20-5-3-4-19(29-30-20)12-8-16-6-9-17(10-7-16)24-31-32-25(34-24)23(26)27/h3,6-7,9-11,13-14,19,23H,4,8,12H2,1-2H3. The van der Waals surface area contributed by atoms with Gasteiger partial charge in [-0.1, -0.05) is 17.9 Å². The molecule has 9 heteroatoms. The van der Waals surface area contributed by atoms with Crippen molar-refractivity contribution in [3.63, 3.8) is 0 Å². The smallest absolute Gasteiger partial charge is 0.314 e. The summed E-state index contributed by atoms with van der Waals surface area (Å²) < 4.78 is 32.3. The van der Waals surface area contributed by atoms with Gasteiger partial charge in [0, 0.05) is 18.2 Å². The molecule has 4 aromatic rings. The molecule has 7 nitrogen and oxygen atoms in total. The van der Waals surface area contributed by atoms with Crippen LogP contribution in [0.4, 0.5) is 8.78 Å². The van der Waals surface area contributed by atoms with Crippen molar-refractivity contribution < 1.29 is 13.2 Å². The van der Waals surface area contributed by atoms with Gasteiger partial charge in [0.25, 0.3) is 5.89 Å². The van der Waals surface area contributed by atoms with E-state index in [2.05, 4.69) is 35.7 Å². The van der Waals surface area contributed by atoms with E-state index in [1.54, 1.807) is 12.1 Å². The molecule has 34 heavy (non-hydrogen) atoms. The number of halogens is 2. The van der Waals surface area contributed by atoms with Gasteiger partial charge in [0.2, 0.25) is 5.89 Å². The molecule has 0 N–H and O–H groups in total. The summed E-state index contributed by atoms with van der Waals surface area (Å²) in [6.45, 7) is 1.98. The van der Waals surface area contributed by atoms with E-state index in [0.717, 1.165) is 47.2 Å². The number of nitrogens with zero attached hydrogens (tertiary/aromatic N) is 6. The maximum Gasteiger partial charge on any atom is 0.314 e. The number of hydrogen-bond acceptors (Lipinski definition) is 6. The number of alkyl halides is 2. The van der Waals surface area contributed by atoms with Gasteiger partial charge in [-0.05, 0) is 68.2 Å². The molecule has 0 bridgehead atoms. The second-order valence-corrected chi connectivity index (χ2v) is 8.21. The number of azo groups is 1. The van der Waals surface area contributed by atoms with Crippen molar-refractivity contribution in [3.8, 4) is 11.5 Å². The van der Waals surface area contributed by atoms with E-state index in [-0.39, 0.29) is 11.9 Å². The SMILES string of the molecule is Cc1nc2cc(C3=C=CCC(CCc4ccc(-c5nnc(C(F)F)o5)cc4)N=N3)ccc2n1C. The van der Waals surface area contributed by atoms with Crippen molar-refractivity contribution in [2.75, 3.05) is 0 Å². The summed E-state index contributed by atoms with van der Waals surface area (Å²) in [5.74, 6) is 0.373. The quantitative estimate of drug-likeness (QED) is 0.320. The van der Waals surface area contributed by atoms with Crippen LogP contribution in [0.2, 0.25) is 0 Å². The molecule has 1 aliphatic heterocycles. The van der Waals surface area contributed by atoms with Crippen LogP contribution in [-0.2, 0) is 13.5 Å². The first-order valence-corrected chi connectivity index (χ1v) is 11.0. The van der Waals surface area contributed by atoms with Crippen LogP contribution in [0.1, 0.15) is 42.1 Å². The summed E-state index contributed by atoms with van der Waals surface area (Å²) in [4.78, 5) is 4.60. The topological polar surface area (TPSA) is 81.5 Å².